The molecule has 288 valence electrons. The van der Waals surface area contributed by atoms with E-state index in [1.54, 1.807) is 44.0 Å². The first kappa shape index (κ1) is 43.6. The number of amides is 1. The molecule has 1 amide bonds. The Morgan fingerprint density at radius 1 is 1.13 bits per heavy atom. The van der Waals surface area contributed by atoms with E-state index >= 15 is 8.78 Å². The molecular weight excluding hydrogens is 933 g/mol. The van der Waals surface area contributed by atoms with Gasteiger partial charge >= 0.3 is 214 Å². The Kier molecular flexibility index (Phi) is 15.4. The molecule has 3 atom stereocenters. The van der Waals surface area contributed by atoms with Crippen molar-refractivity contribution in [3.63, 3.8) is 0 Å². The summed E-state index contributed by atoms with van der Waals surface area (Å²) >= 11 is 0.275. The van der Waals surface area contributed by atoms with Crippen molar-refractivity contribution in [3.05, 3.63) is 47.7 Å². The number of hydrogen-bond acceptors (Lipinski definition) is 11. The average molecular weight is 977 g/mol. The fourth-order valence-corrected chi connectivity index (χ4v) is 7.05. The van der Waals surface area contributed by atoms with Gasteiger partial charge in [-0.2, -0.15) is 9.90 Å². The molecule has 0 aliphatic carbocycles. The first-order valence-corrected chi connectivity index (χ1v) is 19.4. The number of anilines is 1. The van der Waals surface area contributed by atoms with E-state index in [9.17, 15) is 9.18 Å². The number of thiol groups is 1. The van der Waals surface area contributed by atoms with Crippen LogP contribution in [0.25, 0.3) is 32.9 Å². The van der Waals surface area contributed by atoms with Crippen molar-refractivity contribution in [2.45, 2.75) is 58.2 Å². The summed E-state index contributed by atoms with van der Waals surface area (Å²) in [5.74, 6) is 1.96. The summed E-state index contributed by atoms with van der Waals surface area (Å²) in [5, 5.41) is 7.29. The minimum Gasteiger partial charge on any atom is -0.813 e. The zero-order valence-corrected chi connectivity index (χ0v) is 37.6. The van der Waals surface area contributed by atoms with Gasteiger partial charge in [-0.1, -0.05) is 0 Å². The van der Waals surface area contributed by atoms with E-state index in [4.69, 9.17) is 18.9 Å². The summed E-state index contributed by atoms with van der Waals surface area (Å²) in [6, 6.07) is 6.02. The number of nitrogens with zero attached hydrogens (tertiary/aromatic N) is 5. The van der Waals surface area contributed by atoms with Crippen LogP contribution >= 0.6 is 9.90 Å². The quantitative estimate of drug-likeness (QED) is 0.0575. The molecule has 4 aromatic rings. The van der Waals surface area contributed by atoms with Crippen LogP contribution in [0.2, 0.25) is 0 Å². The molecule has 2 aromatic heterocycles. The number of hydrogen-bond donors (Lipinski definition) is 1. The fourth-order valence-electron chi connectivity index (χ4n) is 6.49. The molecule has 0 saturated carbocycles. The molecular formula is C37H44F3N6O5PSTl-. The first-order chi connectivity index (χ1) is 25.0. The van der Waals surface area contributed by atoms with Gasteiger partial charge in [-0.05, 0) is 58.9 Å². The van der Waals surface area contributed by atoms with Crippen LogP contribution < -0.4 is 19.8 Å². The van der Waals surface area contributed by atoms with Crippen LogP contribution in [0.4, 0.5) is 23.8 Å². The van der Waals surface area contributed by atoms with Gasteiger partial charge in [0.05, 0.1) is 0 Å². The summed E-state index contributed by atoms with van der Waals surface area (Å²) < 4.78 is 72.6. The molecule has 11 nitrogen and oxygen atoms in total. The number of ether oxygens (including phenoxy) is 4. The summed E-state index contributed by atoms with van der Waals surface area (Å²) in [5.41, 5.74) is -0.658. The molecule has 6 rings (SSSR count). The Balaban J connectivity index is 0.00000325. The molecule has 1 unspecified atom stereocenters. The minimum absolute atomic E-state index is 0. The number of aromatic nitrogens is 3. The maximum absolute atomic E-state index is 17.2. The number of carbonyl (C=O) groups is 1. The van der Waals surface area contributed by atoms with Crippen molar-refractivity contribution >= 4 is 82.7 Å². The molecule has 0 spiro atoms. The van der Waals surface area contributed by atoms with Crippen molar-refractivity contribution in [2.75, 3.05) is 51.7 Å². The van der Waals surface area contributed by atoms with E-state index in [1.165, 1.54) is 24.4 Å². The molecule has 4 heterocycles. The minimum atomic E-state index is -1.03. The van der Waals surface area contributed by atoms with E-state index in [0.29, 0.717) is 49.0 Å². The summed E-state index contributed by atoms with van der Waals surface area (Å²) in [7, 11) is 1.48. The molecule has 1 N–H and O–H groups in total. The van der Waals surface area contributed by atoms with Crippen LogP contribution in [-0.2, 0) is 23.0 Å². The number of halogens is 3. The summed E-state index contributed by atoms with van der Waals surface area (Å²) in [6.45, 7) is 7.06. The summed E-state index contributed by atoms with van der Waals surface area (Å²) in [4.78, 5) is 27.1. The van der Waals surface area contributed by atoms with Crippen molar-refractivity contribution in [3.8, 4) is 32.4 Å². The molecule has 17 heteroatoms. The Morgan fingerprint density at radius 2 is 1.93 bits per heavy atom. The normalized spacial score (nSPS) is 17.4. The van der Waals surface area contributed by atoms with Gasteiger partial charge in [0.25, 0.3) is 0 Å². The number of fused-ring (bicyclic) bond motifs is 2. The molecule has 2 fully saturated rings. The second-order valence-corrected chi connectivity index (χ2v) is 14.9. The molecule has 2 aliphatic heterocycles. The number of pyridine rings is 1. The predicted octanol–water partition coefficient (Wildman–Crippen LogP) is 5.84. The van der Waals surface area contributed by atoms with E-state index in [2.05, 4.69) is 29.7 Å². The Bertz CT molecular complexity index is 2030. The second-order valence-electron chi connectivity index (χ2n) is 13.8. The van der Waals surface area contributed by atoms with Crippen LogP contribution in [0.5, 0.6) is 11.8 Å². The number of nitrogens with one attached hydrogen (secondary N) is 1. The summed E-state index contributed by atoms with van der Waals surface area (Å²) in [6.07, 6.45) is 2.28. The molecule has 2 aliphatic rings. The zero-order chi connectivity index (χ0) is 37.0. The van der Waals surface area contributed by atoms with Gasteiger partial charge in [0.15, 0.2) is 0 Å². The number of carbonyl (C=O) groups excluding carboxylic acids is 1. The van der Waals surface area contributed by atoms with Crippen LogP contribution in [-0.4, -0.2) is 110 Å². The van der Waals surface area contributed by atoms with Crippen LogP contribution in [0.1, 0.15) is 52.0 Å². The third kappa shape index (κ3) is 9.97. The fraction of sp³-hybridized carbons (Fsp3) is 0.459. The van der Waals surface area contributed by atoms with Crippen molar-refractivity contribution < 1.29 is 36.9 Å². The van der Waals surface area contributed by atoms with Crippen LogP contribution in [0, 0.1) is 27.0 Å². The van der Waals surface area contributed by atoms with E-state index in [1.807, 2.05) is 0 Å². The van der Waals surface area contributed by atoms with Crippen LogP contribution in [0.15, 0.2) is 30.5 Å². The number of rotatable bonds is 8. The van der Waals surface area contributed by atoms with E-state index < -0.39 is 29.5 Å². The zero-order valence-electron chi connectivity index (χ0n) is 30.8. The number of alkyl halides is 1. The van der Waals surface area contributed by atoms with Crippen LogP contribution in [0.3, 0.4) is 0 Å². The standard InChI is InChI=1S/C37H40F3N6O5.H3P.H2S.Tl/c1-6-26-29(39)11-10-23-16-25(50-21-48-5)17-27(30(23)26)32-31(40)33-28(19-42-32)34(45-13-8-14-46(45)36(47)51-37(2,3)4)44-35(43-33)49-20-22-9-7-12-41-18-24(38)15-22;;;/h10-11,16-17,19,22,24,41H,7-9,12-15,18,20-21H2,2-5H3;1H3;1H2;/p-1/t22-,24-;;;/m1.../s1. The predicted molar refractivity (Wildman–Crippen MR) is 211 cm³/mol. The molecule has 0 bridgehead atoms. The number of benzene rings is 2. The van der Waals surface area contributed by atoms with Gasteiger partial charge in [-0.25, -0.2) is 9.18 Å². The Morgan fingerprint density at radius 3 is 2.67 bits per heavy atom. The smallest absolute Gasteiger partial charge is 0.153 e. The SMILES string of the molecule is COCOc1cc(-c2ncc3c(N4CCCN4C(=O)OC(C)(C)C)nc(OC[C@@H]4CCCNC[C@H](F)C4)nc3c2F)c2c(C#[C][Tl])c(F)ccc2c1.P.[SH-]. The molecule has 2 aromatic carbocycles. The number of methoxy groups -OCH3 is 1. The average Bonchev–Trinajstić information content (AvgIpc) is 3.59. The van der Waals surface area contributed by atoms with E-state index in [0.717, 1.165) is 12.8 Å². The molecule has 54 heavy (non-hydrogen) atoms. The second kappa shape index (κ2) is 19.1. The van der Waals surface area contributed by atoms with Gasteiger partial charge in [-0.15, -0.1) is 0 Å². The largest absolute Gasteiger partial charge is 0.813 e. The first-order valence-electron chi connectivity index (χ1n) is 17.2. The van der Waals surface area contributed by atoms with Crippen molar-refractivity contribution in [2.24, 2.45) is 5.92 Å². The third-order valence-electron chi connectivity index (χ3n) is 8.73. The van der Waals surface area contributed by atoms with E-state index in [-0.39, 0.29) is 115 Å². The van der Waals surface area contributed by atoms with Crippen molar-refractivity contribution in [1.82, 2.24) is 25.3 Å². The maximum atomic E-state index is 17.2. The topological polar surface area (TPSA) is 111 Å². The monoisotopic (exact) mass is 977 g/mol. The Hall–Kier alpha value is -3.17. The van der Waals surface area contributed by atoms with Gasteiger partial charge < -0.3 is 23.5 Å². The van der Waals surface area contributed by atoms with Gasteiger partial charge in [-0.3, -0.25) is 0 Å². The molecule has 0 radical (unpaired) electrons. The maximum Gasteiger partial charge on any atom is -0.153 e. The van der Waals surface area contributed by atoms with Crippen molar-refractivity contribution in [1.29, 1.82) is 0 Å². The molecule has 2 saturated heterocycles. The van der Waals surface area contributed by atoms with Gasteiger partial charge in [0, 0.05) is 13.1 Å². The Labute approximate surface area is 339 Å². The van der Waals surface area contributed by atoms with Gasteiger partial charge in [0.1, 0.15) is 11.8 Å². The third-order valence-corrected chi connectivity index (χ3v) is 9.29. The van der Waals surface area contributed by atoms with Gasteiger partial charge in [0.2, 0.25) is 0 Å². The number of hydrazine groups is 1.